The van der Waals surface area contributed by atoms with Crippen LogP contribution in [0.15, 0.2) is 35.0 Å². The molecule has 1 atom stereocenters. The molecule has 7 nitrogen and oxygen atoms in total. The minimum atomic E-state index is -0.314. The highest BCUT2D eigenvalue weighted by Crippen LogP contribution is 2.53. The zero-order chi connectivity index (χ0) is 18.7. The Morgan fingerprint density at radius 3 is 2.37 bits per heavy atom. The molecule has 1 unspecified atom stereocenters. The standard InChI is InChI=1S/C15H22N4O2.C5H5N/c1-10(16-14-18-17-12(21-14)11-2-3-11)13(20)19-8-6-15(4-5-15)7-9-19;1-2-4-6-5-3-1/h10-11H,2-9H2,1H3,(H,16,18);1-5H. The lowest BCUT2D eigenvalue weighted by molar-refractivity contribution is -0.133. The van der Waals surface area contributed by atoms with Crippen LogP contribution in [0.4, 0.5) is 6.01 Å². The maximum atomic E-state index is 12.5. The Morgan fingerprint density at radius 2 is 1.85 bits per heavy atom. The summed E-state index contributed by atoms with van der Waals surface area (Å²) in [7, 11) is 0. The van der Waals surface area contributed by atoms with Crippen LogP contribution in [0.5, 0.6) is 0 Å². The van der Waals surface area contributed by atoms with Crippen molar-refractivity contribution in [1.82, 2.24) is 20.1 Å². The number of anilines is 1. The molecule has 1 saturated heterocycles. The van der Waals surface area contributed by atoms with Crippen molar-refractivity contribution in [3.63, 3.8) is 0 Å². The summed E-state index contributed by atoms with van der Waals surface area (Å²) in [6.07, 6.45) is 10.8. The summed E-state index contributed by atoms with van der Waals surface area (Å²) in [6.45, 7) is 3.65. The Morgan fingerprint density at radius 1 is 1.15 bits per heavy atom. The Bertz CT molecular complexity index is 718. The third-order valence-electron chi connectivity index (χ3n) is 5.74. The Balaban J connectivity index is 0.000000257. The van der Waals surface area contributed by atoms with Gasteiger partial charge in [0, 0.05) is 31.4 Å². The number of pyridine rings is 1. The lowest BCUT2D eigenvalue weighted by Gasteiger charge is -2.33. The average Bonchev–Trinajstić information content (AvgIpc) is 3.65. The van der Waals surface area contributed by atoms with E-state index in [9.17, 15) is 4.79 Å². The lowest BCUT2D eigenvalue weighted by atomic mass is 9.93. The number of amides is 1. The maximum absolute atomic E-state index is 12.5. The highest BCUT2D eigenvalue weighted by atomic mass is 16.4. The van der Waals surface area contributed by atoms with Gasteiger partial charge < -0.3 is 14.6 Å². The van der Waals surface area contributed by atoms with Gasteiger partial charge in [-0.3, -0.25) is 9.78 Å². The van der Waals surface area contributed by atoms with Crippen molar-refractivity contribution in [1.29, 1.82) is 0 Å². The predicted octanol–water partition coefficient (Wildman–Crippen LogP) is 3.23. The van der Waals surface area contributed by atoms with Crippen LogP contribution in [-0.4, -0.2) is 45.1 Å². The van der Waals surface area contributed by atoms with Crippen molar-refractivity contribution in [2.24, 2.45) is 5.41 Å². The van der Waals surface area contributed by atoms with Gasteiger partial charge in [-0.05, 0) is 63.0 Å². The monoisotopic (exact) mass is 369 g/mol. The molecule has 1 amide bonds. The molecule has 1 spiro atoms. The Labute approximate surface area is 159 Å². The fourth-order valence-corrected chi connectivity index (χ4v) is 3.50. The van der Waals surface area contributed by atoms with E-state index < -0.39 is 0 Å². The fourth-order valence-electron chi connectivity index (χ4n) is 3.50. The molecule has 0 aromatic carbocycles. The molecular weight excluding hydrogens is 342 g/mol. The van der Waals surface area contributed by atoms with Crippen LogP contribution in [0.1, 0.15) is 57.3 Å². The molecule has 3 heterocycles. The van der Waals surface area contributed by atoms with Crippen LogP contribution in [0, 0.1) is 5.41 Å². The number of carbonyl (C=O) groups excluding carboxylic acids is 1. The predicted molar refractivity (Wildman–Crippen MR) is 101 cm³/mol. The molecule has 2 saturated carbocycles. The van der Waals surface area contributed by atoms with Crippen molar-refractivity contribution < 1.29 is 9.21 Å². The number of hydrogen-bond acceptors (Lipinski definition) is 6. The van der Waals surface area contributed by atoms with E-state index >= 15 is 0 Å². The van der Waals surface area contributed by atoms with Gasteiger partial charge in [0.2, 0.25) is 11.8 Å². The van der Waals surface area contributed by atoms with Crippen LogP contribution in [0.25, 0.3) is 0 Å². The lowest BCUT2D eigenvalue weighted by Crippen LogP contribution is -2.45. The van der Waals surface area contributed by atoms with Gasteiger partial charge in [-0.2, -0.15) is 0 Å². The minimum Gasteiger partial charge on any atom is -0.408 e. The summed E-state index contributed by atoms with van der Waals surface area (Å²) >= 11 is 0. The third-order valence-corrected chi connectivity index (χ3v) is 5.74. The Hall–Kier alpha value is -2.44. The number of likely N-dealkylation sites (tertiary alicyclic amines) is 1. The molecular formula is C20H27N5O2. The minimum absolute atomic E-state index is 0.136. The van der Waals surface area contributed by atoms with Crippen LogP contribution < -0.4 is 5.32 Å². The number of piperidine rings is 1. The third kappa shape index (κ3) is 4.64. The van der Waals surface area contributed by atoms with Crippen molar-refractivity contribution in [3.05, 3.63) is 36.5 Å². The van der Waals surface area contributed by atoms with E-state index in [-0.39, 0.29) is 11.9 Å². The number of nitrogens with one attached hydrogen (secondary N) is 1. The average molecular weight is 369 g/mol. The van der Waals surface area contributed by atoms with Gasteiger partial charge in [0.1, 0.15) is 6.04 Å². The van der Waals surface area contributed by atoms with Gasteiger partial charge in [-0.1, -0.05) is 11.2 Å². The van der Waals surface area contributed by atoms with E-state index in [1.165, 1.54) is 12.8 Å². The van der Waals surface area contributed by atoms with Gasteiger partial charge in [-0.15, -0.1) is 5.10 Å². The van der Waals surface area contributed by atoms with E-state index in [1.807, 2.05) is 30.0 Å². The van der Waals surface area contributed by atoms with Crippen molar-refractivity contribution in [2.75, 3.05) is 18.4 Å². The Kier molecular flexibility index (Phi) is 5.09. The molecule has 5 rings (SSSR count). The van der Waals surface area contributed by atoms with Gasteiger partial charge in [0.15, 0.2) is 0 Å². The fraction of sp³-hybridized carbons (Fsp3) is 0.600. The quantitative estimate of drug-likeness (QED) is 0.891. The smallest absolute Gasteiger partial charge is 0.316 e. The molecule has 3 aliphatic rings. The zero-order valence-corrected chi connectivity index (χ0v) is 15.8. The first-order valence-electron chi connectivity index (χ1n) is 9.89. The number of rotatable bonds is 4. The van der Waals surface area contributed by atoms with E-state index in [1.54, 1.807) is 12.4 Å². The van der Waals surface area contributed by atoms with Gasteiger partial charge >= 0.3 is 6.01 Å². The van der Waals surface area contributed by atoms with Crippen LogP contribution in [0.3, 0.4) is 0 Å². The molecule has 1 aliphatic heterocycles. The second kappa shape index (κ2) is 7.66. The van der Waals surface area contributed by atoms with Crippen molar-refractivity contribution in [3.8, 4) is 0 Å². The van der Waals surface area contributed by atoms with Crippen LogP contribution >= 0.6 is 0 Å². The number of carbonyl (C=O) groups is 1. The number of nitrogens with zero attached hydrogens (tertiary/aromatic N) is 4. The first-order valence-corrected chi connectivity index (χ1v) is 9.89. The first kappa shape index (κ1) is 17.9. The maximum Gasteiger partial charge on any atom is 0.316 e. The number of hydrogen-bond donors (Lipinski definition) is 1. The van der Waals surface area contributed by atoms with E-state index in [2.05, 4.69) is 20.5 Å². The van der Waals surface area contributed by atoms with Crippen molar-refractivity contribution in [2.45, 2.75) is 57.4 Å². The molecule has 2 aliphatic carbocycles. The first-order chi connectivity index (χ1) is 13.2. The van der Waals surface area contributed by atoms with Crippen molar-refractivity contribution >= 4 is 11.9 Å². The van der Waals surface area contributed by atoms with E-state index in [0.29, 0.717) is 23.2 Å². The normalized spacial score (nSPS) is 21.1. The molecule has 0 radical (unpaired) electrons. The summed E-state index contributed by atoms with van der Waals surface area (Å²) in [5.41, 5.74) is 0.596. The summed E-state index contributed by atoms with van der Waals surface area (Å²) in [6, 6.07) is 5.77. The molecule has 144 valence electrons. The second-order valence-electron chi connectivity index (χ2n) is 7.94. The second-order valence-corrected chi connectivity index (χ2v) is 7.94. The zero-order valence-electron chi connectivity index (χ0n) is 15.8. The summed E-state index contributed by atoms with van der Waals surface area (Å²) in [4.78, 5) is 18.2. The summed E-state index contributed by atoms with van der Waals surface area (Å²) in [5.74, 6) is 1.28. The topological polar surface area (TPSA) is 84.2 Å². The van der Waals surface area contributed by atoms with Crippen LogP contribution in [0.2, 0.25) is 0 Å². The van der Waals surface area contributed by atoms with Gasteiger partial charge in [-0.25, -0.2) is 0 Å². The summed E-state index contributed by atoms with van der Waals surface area (Å²) < 4.78 is 5.55. The summed E-state index contributed by atoms with van der Waals surface area (Å²) in [5, 5.41) is 11.1. The largest absolute Gasteiger partial charge is 0.408 e. The molecule has 1 N–H and O–H groups in total. The molecule has 0 bridgehead atoms. The molecule has 3 fully saturated rings. The molecule has 7 heteroatoms. The molecule has 27 heavy (non-hydrogen) atoms. The van der Waals surface area contributed by atoms with Gasteiger partial charge in [0.05, 0.1) is 0 Å². The SMILES string of the molecule is CC(Nc1nnc(C2CC2)o1)C(=O)N1CCC2(CC1)CC2.c1ccncc1. The van der Waals surface area contributed by atoms with E-state index in [0.717, 1.165) is 38.8 Å². The van der Waals surface area contributed by atoms with Crippen LogP contribution in [-0.2, 0) is 4.79 Å². The molecule has 2 aromatic rings. The molecule has 2 aromatic heterocycles. The number of aromatic nitrogens is 3. The highest BCUT2D eigenvalue weighted by molar-refractivity contribution is 5.83. The van der Waals surface area contributed by atoms with Gasteiger partial charge in [0.25, 0.3) is 0 Å². The van der Waals surface area contributed by atoms with E-state index in [4.69, 9.17) is 4.42 Å². The highest BCUT2D eigenvalue weighted by Gasteiger charge is 2.45.